The number of likely N-dealkylation sites (tertiary alicyclic amines) is 1. The van der Waals surface area contributed by atoms with Gasteiger partial charge in [0.1, 0.15) is 34.2 Å². The van der Waals surface area contributed by atoms with E-state index in [4.69, 9.17) is 26.0 Å². The van der Waals surface area contributed by atoms with Crippen LogP contribution in [0.15, 0.2) is 42.6 Å². The number of hydrogen-bond donors (Lipinski definition) is 4. The van der Waals surface area contributed by atoms with Gasteiger partial charge in [0.25, 0.3) is 11.8 Å². The highest BCUT2D eigenvalue weighted by molar-refractivity contribution is 6.07. The minimum atomic E-state index is -0.709. The van der Waals surface area contributed by atoms with Gasteiger partial charge in [-0.1, -0.05) is 12.1 Å². The molecule has 5 rings (SSSR count). The summed E-state index contributed by atoms with van der Waals surface area (Å²) < 4.78 is 26.1. The Morgan fingerprint density at radius 2 is 1.86 bits per heavy atom. The molecule has 13 heteroatoms. The summed E-state index contributed by atoms with van der Waals surface area (Å²) in [5, 5.41) is 8.33. The fourth-order valence-corrected chi connectivity index (χ4v) is 5.48. The molecular weight excluding hydrogens is 569 g/mol. The van der Waals surface area contributed by atoms with Gasteiger partial charge in [-0.05, 0) is 63.4 Å². The summed E-state index contributed by atoms with van der Waals surface area (Å²) in [5.41, 5.74) is 14.3. The molecule has 2 aromatic carbocycles. The molecule has 0 radical (unpaired) electrons. The Morgan fingerprint density at radius 1 is 1.14 bits per heavy atom. The van der Waals surface area contributed by atoms with Gasteiger partial charge in [-0.3, -0.25) is 9.59 Å². The van der Waals surface area contributed by atoms with E-state index in [1.54, 1.807) is 27.9 Å². The van der Waals surface area contributed by atoms with Crippen molar-refractivity contribution >= 4 is 34.6 Å². The van der Waals surface area contributed by atoms with Gasteiger partial charge >= 0.3 is 6.09 Å². The van der Waals surface area contributed by atoms with E-state index in [0.29, 0.717) is 42.7 Å². The summed E-state index contributed by atoms with van der Waals surface area (Å²) in [4.78, 5) is 42.9. The maximum atomic E-state index is 13.8. The number of anilines is 1. The molecule has 2 aromatic heterocycles. The second-order valence-corrected chi connectivity index (χ2v) is 11.7. The quantitative estimate of drug-likeness (QED) is 0.242. The van der Waals surface area contributed by atoms with Crippen molar-refractivity contribution in [1.29, 1.82) is 0 Å². The second kappa shape index (κ2) is 11.9. The zero-order valence-electron chi connectivity index (χ0n) is 25.1. The number of piperidine rings is 1. The summed E-state index contributed by atoms with van der Waals surface area (Å²) in [7, 11) is 1.41. The van der Waals surface area contributed by atoms with E-state index >= 15 is 0 Å². The number of hydrogen-bond acceptors (Lipinski definition) is 7. The number of aromatic amines is 1. The van der Waals surface area contributed by atoms with Crippen molar-refractivity contribution < 1.29 is 28.2 Å². The normalized spacial score (nSPS) is 14.1. The first-order valence-corrected chi connectivity index (χ1v) is 14.2. The fraction of sp³-hybridized carbons (Fsp3) is 0.355. The van der Waals surface area contributed by atoms with Gasteiger partial charge in [0.15, 0.2) is 0 Å². The Kier molecular flexibility index (Phi) is 8.22. The Balaban J connectivity index is 1.40. The zero-order valence-corrected chi connectivity index (χ0v) is 25.1. The number of nitrogens with two attached hydrogens (primary N) is 2. The van der Waals surface area contributed by atoms with Crippen LogP contribution in [0.1, 0.15) is 65.9 Å². The molecule has 1 saturated heterocycles. The maximum Gasteiger partial charge on any atom is 0.410 e. The lowest BCUT2D eigenvalue weighted by Crippen LogP contribution is -2.42. The molecule has 1 aliphatic rings. The molecule has 0 aliphatic carbocycles. The first-order valence-electron chi connectivity index (χ1n) is 14.2. The predicted molar refractivity (Wildman–Crippen MR) is 163 cm³/mol. The molecule has 3 amide bonds. The lowest BCUT2D eigenvalue weighted by molar-refractivity contribution is 0.0185. The number of H-pyrrole nitrogens is 1. The van der Waals surface area contributed by atoms with E-state index in [-0.39, 0.29) is 41.4 Å². The molecule has 4 aromatic rings. The first-order chi connectivity index (χ1) is 20.9. The minimum absolute atomic E-state index is 0.0795. The van der Waals surface area contributed by atoms with Crippen LogP contribution in [0.25, 0.3) is 22.2 Å². The van der Waals surface area contributed by atoms with Gasteiger partial charge in [0, 0.05) is 36.8 Å². The summed E-state index contributed by atoms with van der Waals surface area (Å²) in [6, 6.07) is 9.02. The number of amides is 3. The third-order valence-corrected chi connectivity index (χ3v) is 7.57. The van der Waals surface area contributed by atoms with Crippen LogP contribution in [0.4, 0.5) is 15.0 Å². The Morgan fingerprint density at radius 3 is 2.52 bits per heavy atom. The van der Waals surface area contributed by atoms with Crippen molar-refractivity contribution in [2.24, 2.45) is 5.73 Å². The van der Waals surface area contributed by atoms with Crippen LogP contribution in [0.5, 0.6) is 5.75 Å². The standard InChI is InChI=1S/C31H36FN7O5/c1-31(2,3)44-30(42)38-13-10-19(11-14-38)39-27(33)24(28(34)40)26(37-39)20-7-5-17(25-21(20)9-12-35-25)16-36-29(41)22-15-18(32)6-8-23(22)43-4/h5-9,12,15,19,35H,10-11,13-14,16,33H2,1-4H3,(H2,34,40)(H,36,41). The third-order valence-electron chi connectivity index (χ3n) is 7.57. The van der Waals surface area contributed by atoms with Crippen molar-refractivity contribution in [3.05, 3.63) is 65.1 Å². The average Bonchev–Trinajstić information content (AvgIpc) is 3.60. The highest BCUT2D eigenvalue weighted by Crippen LogP contribution is 2.36. The molecule has 1 fully saturated rings. The molecule has 6 N–H and O–H groups in total. The number of aromatic nitrogens is 3. The van der Waals surface area contributed by atoms with E-state index < -0.39 is 23.2 Å². The van der Waals surface area contributed by atoms with E-state index in [2.05, 4.69) is 10.3 Å². The van der Waals surface area contributed by atoms with Gasteiger partial charge < -0.3 is 36.1 Å². The zero-order chi connectivity index (χ0) is 31.8. The SMILES string of the molecule is COc1ccc(F)cc1C(=O)NCc1ccc(-c2nn(C3CCN(C(=O)OC(C)(C)C)CC3)c(N)c2C(N)=O)c2cc[nH]c12. The number of nitrogen functional groups attached to an aromatic ring is 1. The Bertz CT molecular complexity index is 1730. The molecule has 0 atom stereocenters. The van der Waals surface area contributed by atoms with E-state index in [0.717, 1.165) is 17.0 Å². The summed E-state index contributed by atoms with van der Waals surface area (Å²) in [5.74, 6) is -1.34. The Labute approximate surface area is 253 Å². The largest absolute Gasteiger partial charge is 0.496 e. The van der Waals surface area contributed by atoms with Gasteiger partial charge in [-0.2, -0.15) is 5.10 Å². The molecule has 232 valence electrons. The van der Waals surface area contributed by atoms with Crippen LogP contribution in [0.2, 0.25) is 0 Å². The molecule has 0 bridgehead atoms. The van der Waals surface area contributed by atoms with E-state index in [1.165, 1.54) is 19.2 Å². The maximum absolute atomic E-state index is 13.8. The molecule has 12 nitrogen and oxygen atoms in total. The lowest BCUT2D eigenvalue weighted by atomic mass is 10.00. The fourth-order valence-electron chi connectivity index (χ4n) is 5.48. The number of halogens is 1. The number of nitrogens with one attached hydrogen (secondary N) is 2. The van der Waals surface area contributed by atoms with Crippen LogP contribution in [0, 0.1) is 5.82 Å². The van der Waals surface area contributed by atoms with E-state index in [1.807, 2.05) is 26.8 Å². The highest BCUT2D eigenvalue weighted by Gasteiger charge is 2.31. The Hall–Kier alpha value is -5.07. The topological polar surface area (TPSA) is 171 Å². The number of primary amides is 1. The number of carbonyl (C=O) groups is 3. The number of nitrogens with zero attached hydrogens (tertiary/aromatic N) is 3. The minimum Gasteiger partial charge on any atom is -0.496 e. The van der Waals surface area contributed by atoms with Crippen molar-refractivity contribution in [1.82, 2.24) is 25.0 Å². The van der Waals surface area contributed by atoms with Crippen LogP contribution in [0.3, 0.4) is 0 Å². The van der Waals surface area contributed by atoms with Crippen LogP contribution >= 0.6 is 0 Å². The number of ether oxygens (including phenoxy) is 2. The number of benzene rings is 2. The average molecular weight is 606 g/mol. The van der Waals surface area contributed by atoms with Crippen molar-refractivity contribution in [3.63, 3.8) is 0 Å². The number of carbonyl (C=O) groups excluding carboxylic acids is 3. The van der Waals surface area contributed by atoms with Gasteiger partial charge in [0.2, 0.25) is 0 Å². The van der Waals surface area contributed by atoms with Crippen molar-refractivity contribution in [3.8, 4) is 17.0 Å². The van der Waals surface area contributed by atoms with Gasteiger partial charge in [-0.25, -0.2) is 13.9 Å². The molecule has 1 aliphatic heterocycles. The highest BCUT2D eigenvalue weighted by atomic mass is 19.1. The summed E-state index contributed by atoms with van der Waals surface area (Å²) >= 11 is 0. The summed E-state index contributed by atoms with van der Waals surface area (Å²) in [6.07, 6.45) is 2.50. The van der Waals surface area contributed by atoms with Crippen molar-refractivity contribution in [2.45, 2.75) is 51.8 Å². The van der Waals surface area contributed by atoms with Crippen LogP contribution in [-0.2, 0) is 11.3 Å². The van der Waals surface area contributed by atoms with Crippen LogP contribution < -0.4 is 21.5 Å². The lowest BCUT2D eigenvalue weighted by Gasteiger charge is -2.33. The summed E-state index contributed by atoms with van der Waals surface area (Å²) in [6.45, 7) is 6.50. The predicted octanol–water partition coefficient (Wildman–Crippen LogP) is 4.36. The first kappa shape index (κ1) is 30.4. The molecular formula is C31H36FN7O5. The monoisotopic (exact) mass is 605 g/mol. The number of rotatable bonds is 7. The van der Waals surface area contributed by atoms with Crippen LogP contribution in [-0.4, -0.2) is 63.4 Å². The van der Waals surface area contributed by atoms with Gasteiger partial charge in [-0.15, -0.1) is 0 Å². The van der Waals surface area contributed by atoms with Gasteiger partial charge in [0.05, 0.1) is 24.2 Å². The molecule has 0 unspecified atom stereocenters. The van der Waals surface area contributed by atoms with Crippen molar-refractivity contribution in [2.75, 3.05) is 25.9 Å². The second-order valence-electron chi connectivity index (χ2n) is 11.7. The number of fused-ring (bicyclic) bond motifs is 1. The molecule has 0 spiro atoms. The molecule has 3 heterocycles. The smallest absolute Gasteiger partial charge is 0.410 e. The molecule has 44 heavy (non-hydrogen) atoms. The number of methoxy groups -OCH3 is 1. The third kappa shape index (κ3) is 6.03. The van der Waals surface area contributed by atoms with E-state index in [9.17, 15) is 18.8 Å². The molecule has 0 saturated carbocycles.